The van der Waals surface area contributed by atoms with Crippen LogP contribution in [0.1, 0.15) is 23.6 Å². The summed E-state index contributed by atoms with van der Waals surface area (Å²) in [5, 5.41) is 0. The van der Waals surface area contributed by atoms with Gasteiger partial charge in [0.05, 0.1) is 11.4 Å². The Morgan fingerprint density at radius 1 is 1.03 bits per heavy atom. The summed E-state index contributed by atoms with van der Waals surface area (Å²) in [7, 11) is 1.71. The minimum Gasteiger partial charge on any atom is -0.302 e. The number of urea groups is 1. The molecule has 2 aromatic carbocycles. The Bertz CT molecular complexity index is 1140. The quantitative estimate of drug-likeness (QED) is 0.771. The third-order valence-electron chi connectivity index (χ3n) is 6.19. The van der Waals surface area contributed by atoms with E-state index < -0.39 is 12.2 Å². The van der Waals surface area contributed by atoms with E-state index in [1.54, 1.807) is 11.9 Å². The first-order chi connectivity index (χ1) is 14.9. The maximum atomic E-state index is 13.3. The van der Waals surface area contributed by atoms with Gasteiger partial charge in [0.25, 0.3) is 5.91 Å². The van der Waals surface area contributed by atoms with Crippen LogP contribution in [0.15, 0.2) is 59.7 Å². The molecule has 1 fully saturated rings. The van der Waals surface area contributed by atoms with Crippen molar-refractivity contribution in [3.05, 3.63) is 71.4 Å². The van der Waals surface area contributed by atoms with Crippen LogP contribution in [0.5, 0.6) is 0 Å². The van der Waals surface area contributed by atoms with Gasteiger partial charge in [0.2, 0.25) is 5.96 Å². The van der Waals surface area contributed by atoms with Crippen molar-refractivity contribution >= 4 is 29.3 Å². The molecule has 1 saturated heterocycles. The number of likely N-dealkylation sites (N-methyl/N-ethyl adjacent to an activating group) is 2. The SMILES string of the molecule is CCN1C(=O)C2C(N=C3N(c4ccc(C)cc4C)C(c4ccccc4)=CN32)N(C)C1=O. The van der Waals surface area contributed by atoms with Crippen molar-refractivity contribution in [1.29, 1.82) is 0 Å². The van der Waals surface area contributed by atoms with Gasteiger partial charge in [-0.1, -0.05) is 48.0 Å². The number of carbonyl (C=O) groups is 2. The number of nitrogens with zero attached hydrogens (tertiary/aromatic N) is 5. The minimum absolute atomic E-state index is 0.208. The highest BCUT2D eigenvalue weighted by Gasteiger charge is 2.54. The summed E-state index contributed by atoms with van der Waals surface area (Å²) in [4.78, 5) is 37.7. The Hall–Kier alpha value is -3.61. The number of rotatable bonds is 3. The minimum atomic E-state index is -0.563. The zero-order valence-corrected chi connectivity index (χ0v) is 18.1. The van der Waals surface area contributed by atoms with Gasteiger partial charge in [0.15, 0.2) is 12.2 Å². The van der Waals surface area contributed by atoms with Crippen molar-refractivity contribution in [3.8, 4) is 0 Å². The molecule has 3 aliphatic rings. The van der Waals surface area contributed by atoms with E-state index in [-0.39, 0.29) is 11.9 Å². The predicted octanol–water partition coefficient (Wildman–Crippen LogP) is 3.40. The molecule has 0 radical (unpaired) electrons. The van der Waals surface area contributed by atoms with E-state index in [4.69, 9.17) is 4.99 Å². The molecule has 0 aromatic heterocycles. The van der Waals surface area contributed by atoms with Crippen LogP contribution < -0.4 is 4.90 Å². The van der Waals surface area contributed by atoms with Crippen molar-refractivity contribution < 1.29 is 9.59 Å². The fourth-order valence-electron chi connectivity index (χ4n) is 4.63. The van der Waals surface area contributed by atoms with E-state index in [9.17, 15) is 9.59 Å². The highest BCUT2D eigenvalue weighted by molar-refractivity contribution is 6.16. The molecule has 158 valence electrons. The van der Waals surface area contributed by atoms with E-state index >= 15 is 0 Å². The summed E-state index contributed by atoms with van der Waals surface area (Å²) in [6.45, 7) is 6.30. The second kappa shape index (κ2) is 6.97. The van der Waals surface area contributed by atoms with Crippen LogP contribution in [0.2, 0.25) is 0 Å². The Kier molecular flexibility index (Phi) is 4.36. The zero-order chi connectivity index (χ0) is 21.9. The molecule has 2 aromatic rings. The number of aliphatic imine (C=N–C) groups is 1. The summed E-state index contributed by atoms with van der Waals surface area (Å²) in [5.41, 5.74) is 5.31. The lowest BCUT2D eigenvalue weighted by Gasteiger charge is -2.39. The smallest absolute Gasteiger partial charge is 0.302 e. The van der Waals surface area contributed by atoms with Gasteiger partial charge in [-0.05, 0) is 32.4 Å². The molecule has 2 unspecified atom stereocenters. The molecule has 7 heteroatoms. The molecule has 0 N–H and O–H groups in total. The average molecular weight is 415 g/mol. The topological polar surface area (TPSA) is 59.5 Å². The van der Waals surface area contributed by atoms with Gasteiger partial charge in [0.1, 0.15) is 0 Å². The molecular weight excluding hydrogens is 390 g/mol. The maximum absolute atomic E-state index is 13.3. The fraction of sp³-hybridized carbons (Fsp3) is 0.292. The van der Waals surface area contributed by atoms with E-state index in [0.29, 0.717) is 12.5 Å². The van der Waals surface area contributed by atoms with Crippen molar-refractivity contribution in [3.63, 3.8) is 0 Å². The van der Waals surface area contributed by atoms with Crippen LogP contribution >= 0.6 is 0 Å². The first-order valence-electron chi connectivity index (χ1n) is 10.5. The molecule has 3 amide bonds. The first kappa shape index (κ1) is 19.4. The molecule has 3 heterocycles. The number of benzene rings is 2. The normalized spacial score (nSPS) is 22.6. The highest BCUT2D eigenvalue weighted by Crippen LogP contribution is 2.41. The lowest BCUT2D eigenvalue weighted by Crippen LogP contribution is -2.64. The van der Waals surface area contributed by atoms with E-state index in [2.05, 4.69) is 49.1 Å². The van der Waals surface area contributed by atoms with Gasteiger partial charge in [0, 0.05) is 25.4 Å². The number of hydrogen-bond donors (Lipinski definition) is 0. The van der Waals surface area contributed by atoms with Gasteiger partial charge in [-0.2, -0.15) is 0 Å². The number of amides is 3. The van der Waals surface area contributed by atoms with Crippen LogP contribution in [-0.4, -0.2) is 58.4 Å². The summed E-state index contributed by atoms with van der Waals surface area (Å²) in [6.07, 6.45) is 1.45. The van der Waals surface area contributed by atoms with Crippen molar-refractivity contribution in [2.45, 2.75) is 33.0 Å². The summed E-state index contributed by atoms with van der Waals surface area (Å²) in [6, 6.07) is 15.5. The molecule has 0 spiro atoms. The maximum Gasteiger partial charge on any atom is 0.328 e. The summed E-state index contributed by atoms with van der Waals surface area (Å²) in [5.74, 6) is 0.465. The van der Waals surface area contributed by atoms with Crippen molar-refractivity contribution in [1.82, 2.24) is 14.7 Å². The van der Waals surface area contributed by atoms with Gasteiger partial charge in [-0.15, -0.1) is 0 Å². The van der Waals surface area contributed by atoms with Crippen LogP contribution in [-0.2, 0) is 4.79 Å². The van der Waals surface area contributed by atoms with Gasteiger partial charge >= 0.3 is 6.03 Å². The van der Waals surface area contributed by atoms with Crippen LogP contribution in [0.25, 0.3) is 5.70 Å². The number of fused-ring (bicyclic) bond motifs is 3. The third-order valence-corrected chi connectivity index (χ3v) is 6.19. The molecule has 0 aliphatic carbocycles. The largest absolute Gasteiger partial charge is 0.328 e. The Labute approximate surface area is 181 Å². The van der Waals surface area contributed by atoms with Crippen LogP contribution in [0, 0.1) is 13.8 Å². The predicted molar refractivity (Wildman–Crippen MR) is 120 cm³/mol. The zero-order valence-electron chi connectivity index (χ0n) is 18.1. The molecule has 0 bridgehead atoms. The number of guanidine groups is 1. The van der Waals surface area contributed by atoms with Gasteiger partial charge in [-0.3, -0.25) is 19.5 Å². The summed E-state index contributed by atoms with van der Waals surface area (Å²) >= 11 is 0. The van der Waals surface area contributed by atoms with Crippen molar-refractivity contribution in [2.24, 2.45) is 4.99 Å². The average Bonchev–Trinajstić information content (AvgIpc) is 3.30. The molecular formula is C24H25N5O2. The van der Waals surface area contributed by atoms with E-state index in [1.807, 2.05) is 36.2 Å². The number of carbonyl (C=O) groups excluding carboxylic acids is 2. The Morgan fingerprint density at radius 3 is 2.45 bits per heavy atom. The molecule has 5 rings (SSSR count). The standard InChI is InChI=1S/C24H25N5O2/c1-5-27-22(30)20-21(26(4)24(27)31)25-23-28(20)14-19(17-9-7-6-8-10-17)29(23)18-12-11-15(2)13-16(18)3/h6-14,20-21H,5H2,1-4H3. The second-order valence-corrected chi connectivity index (χ2v) is 8.18. The molecule has 2 atom stereocenters. The van der Waals surface area contributed by atoms with Crippen LogP contribution in [0.3, 0.4) is 0 Å². The Balaban J connectivity index is 1.66. The lowest BCUT2D eigenvalue weighted by atomic mass is 10.1. The lowest BCUT2D eigenvalue weighted by molar-refractivity contribution is -0.136. The number of aryl methyl sites for hydroxylation is 2. The fourth-order valence-corrected chi connectivity index (χ4v) is 4.63. The molecule has 3 aliphatic heterocycles. The number of hydrogen-bond acceptors (Lipinski definition) is 5. The third kappa shape index (κ3) is 2.76. The number of anilines is 1. The first-order valence-corrected chi connectivity index (χ1v) is 10.5. The molecule has 31 heavy (non-hydrogen) atoms. The van der Waals surface area contributed by atoms with Gasteiger partial charge < -0.3 is 4.90 Å². The van der Waals surface area contributed by atoms with E-state index in [1.165, 1.54) is 10.5 Å². The molecule has 0 saturated carbocycles. The molecule has 7 nitrogen and oxygen atoms in total. The Morgan fingerprint density at radius 2 is 1.77 bits per heavy atom. The number of imide groups is 1. The van der Waals surface area contributed by atoms with E-state index in [0.717, 1.165) is 22.5 Å². The van der Waals surface area contributed by atoms with Gasteiger partial charge in [-0.25, -0.2) is 9.79 Å². The second-order valence-electron chi connectivity index (χ2n) is 8.18. The summed E-state index contributed by atoms with van der Waals surface area (Å²) < 4.78 is 0. The highest BCUT2D eigenvalue weighted by atomic mass is 16.2. The van der Waals surface area contributed by atoms with Crippen molar-refractivity contribution in [2.75, 3.05) is 18.5 Å². The monoisotopic (exact) mass is 415 g/mol. The van der Waals surface area contributed by atoms with Crippen LogP contribution in [0.4, 0.5) is 10.5 Å².